The molecule has 1 aliphatic rings. The lowest BCUT2D eigenvalue weighted by Gasteiger charge is -2.42. The molecule has 2 N–H and O–H groups in total. The van der Waals surface area contributed by atoms with Gasteiger partial charge in [0.1, 0.15) is 0 Å². The Labute approximate surface area is 101 Å². The van der Waals surface area contributed by atoms with Gasteiger partial charge in [0.05, 0.1) is 18.4 Å². The molecule has 1 aliphatic carbocycles. The van der Waals surface area contributed by atoms with Gasteiger partial charge >= 0.3 is 6.03 Å². The molecule has 0 saturated heterocycles. The van der Waals surface area contributed by atoms with E-state index in [9.17, 15) is 4.79 Å². The van der Waals surface area contributed by atoms with E-state index in [4.69, 9.17) is 0 Å². The molecule has 1 fully saturated rings. The van der Waals surface area contributed by atoms with Gasteiger partial charge in [0, 0.05) is 18.4 Å². The van der Waals surface area contributed by atoms with Crippen LogP contribution in [0, 0.1) is 5.41 Å². The summed E-state index contributed by atoms with van der Waals surface area (Å²) in [6.07, 6.45) is 6.97. The summed E-state index contributed by atoms with van der Waals surface area (Å²) in [6.45, 7) is 4.83. The van der Waals surface area contributed by atoms with Gasteiger partial charge in [-0.1, -0.05) is 13.8 Å². The largest absolute Gasteiger partial charge is 0.335 e. The van der Waals surface area contributed by atoms with Crippen LogP contribution in [-0.2, 0) is 6.54 Å². The first kappa shape index (κ1) is 11.8. The quantitative estimate of drug-likeness (QED) is 0.832. The Morgan fingerprint density at radius 3 is 2.82 bits per heavy atom. The zero-order valence-corrected chi connectivity index (χ0v) is 10.2. The van der Waals surface area contributed by atoms with Gasteiger partial charge in [0.15, 0.2) is 0 Å². The molecule has 0 spiro atoms. The summed E-state index contributed by atoms with van der Waals surface area (Å²) in [5.74, 6) is 0. The Hall–Kier alpha value is -1.65. The number of nitrogens with one attached hydrogen (secondary N) is 2. The normalized spacial score (nSPS) is 18.2. The predicted octanol–water partition coefficient (Wildman–Crippen LogP) is 1.46. The zero-order valence-electron chi connectivity index (χ0n) is 10.2. The summed E-state index contributed by atoms with van der Waals surface area (Å²) in [6, 6.07) is 0.183. The number of rotatable bonds is 3. The summed E-state index contributed by atoms with van der Waals surface area (Å²) >= 11 is 0. The third-order valence-electron chi connectivity index (χ3n) is 2.98. The highest BCUT2D eigenvalue weighted by Crippen LogP contribution is 2.39. The maximum Gasteiger partial charge on any atom is 0.315 e. The van der Waals surface area contributed by atoms with Crippen molar-refractivity contribution in [1.82, 2.24) is 20.6 Å². The molecule has 2 rings (SSSR count). The first-order valence-electron chi connectivity index (χ1n) is 5.84. The maximum absolute atomic E-state index is 11.6. The van der Waals surface area contributed by atoms with Crippen LogP contribution >= 0.6 is 0 Å². The number of hydrogen-bond donors (Lipinski definition) is 2. The van der Waals surface area contributed by atoms with E-state index in [-0.39, 0.29) is 6.03 Å². The van der Waals surface area contributed by atoms with E-state index in [1.807, 2.05) is 0 Å². The van der Waals surface area contributed by atoms with Crippen LogP contribution in [0.3, 0.4) is 0 Å². The van der Waals surface area contributed by atoms with Crippen molar-refractivity contribution < 1.29 is 4.79 Å². The Morgan fingerprint density at radius 2 is 2.24 bits per heavy atom. The predicted molar refractivity (Wildman–Crippen MR) is 64.2 cm³/mol. The van der Waals surface area contributed by atoms with Crippen molar-refractivity contribution in [3.63, 3.8) is 0 Å². The molecule has 0 radical (unpaired) electrons. The van der Waals surface area contributed by atoms with Gasteiger partial charge < -0.3 is 10.6 Å². The van der Waals surface area contributed by atoms with Crippen molar-refractivity contribution >= 4 is 6.03 Å². The fourth-order valence-electron chi connectivity index (χ4n) is 2.20. The molecule has 5 heteroatoms. The summed E-state index contributed by atoms with van der Waals surface area (Å²) in [5.41, 5.74) is 1.14. The van der Waals surface area contributed by atoms with Crippen LogP contribution in [-0.4, -0.2) is 22.0 Å². The molecule has 0 bridgehead atoms. The number of carbonyl (C=O) groups is 1. The van der Waals surface area contributed by atoms with Crippen molar-refractivity contribution in [1.29, 1.82) is 0 Å². The minimum Gasteiger partial charge on any atom is -0.335 e. The van der Waals surface area contributed by atoms with Crippen molar-refractivity contribution in [2.24, 2.45) is 5.41 Å². The smallest absolute Gasteiger partial charge is 0.315 e. The minimum atomic E-state index is -0.129. The van der Waals surface area contributed by atoms with Gasteiger partial charge in [-0.2, -0.15) is 0 Å². The Bertz CT molecular complexity index is 383. The number of amides is 2. The van der Waals surface area contributed by atoms with Gasteiger partial charge in [-0.3, -0.25) is 9.97 Å². The summed E-state index contributed by atoms with van der Waals surface area (Å²) in [4.78, 5) is 19.6. The Kier molecular flexibility index (Phi) is 3.26. The number of carbonyl (C=O) groups excluding carboxylic acids is 1. The molecule has 1 heterocycles. The molecular formula is C12H18N4O. The SMILES string of the molecule is CC1(C)CC(NC(=O)NCc2cnccn2)C1. The molecule has 2 amide bonds. The van der Waals surface area contributed by atoms with Gasteiger partial charge in [0.25, 0.3) is 0 Å². The first-order chi connectivity index (χ1) is 8.05. The fraction of sp³-hybridized carbons (Fsp3) is 0.583. The molecule has 1 aromatic heterocycles. The van der Waals surface area contributed by atoms with Crippen molar-refractivity contribution in [3.8, 4) is 0 Å². The van der Waals surface area contributed by atoms with Crippen LogP contribution in [0.15, 0.2) is 18.6 Å². The van der Waals surface area contributed by atoms with Gasteiger partial charge in [-0.25, -0.2) is 4.79 Å². The lowest BCUT2D eigenvalue weighted by Crippen LogP contribution is -2.51. The second-order valence-electron chi connectivity index (χ2n) is 5.29. The zero-order chi connectivity index (χ0) is 12.3. The molecule has 0 aromatic carbocycles. The van der Waals surface area contributed by atoms with E-state index in [1.165, 1.54) is 0 Å². The molecule has 0 aliphatic heterocycles. The van der Waals surface area contributed by atoms with E-state index in [0.717, 1.165) is 18.5 Å². The Balaban J connectivity index is 1.69. The summed E-state index contributed by atoms with van der Waals surface area (Å²) in [7, 11) is 0. The third kappa shape index (κ3) is 3.41. The van der Waals surface area contributed by atoms with Crippen LogP contribution in [0.25, 0.3) is 0 Å². The Morgan fingerprint density at radius 1 is 1.47 bits per heavy atom. The lowest BCUT2D eigenvalue weighted by atomic mass is 9.68. The second-order valence-corrected chi connectivity index (χ2v) is 5.29. The highest BCUT2D eigenvalue weighted by molar-refractivity contribution is 5.74. The fourth-order valence-corrected chi connectivity index (χ4v) is 2.20. The van der Waals surface area contributed by atoms with E-state index >= 15 is 0 Å². The average Bonchev–Trinajstić information content (AvgIpc) is 2.25. The van der Waals surface area contributed by atoms with Gasteiger partial charge in [-0.05, 0) is 18.3 Å². The molecule has 1 saturated carbocycles. The van der Waals surface area contributed by atoms with Crippen molar-refractivity contribution in [3.05, 3.63) is 24.3 Å². The highest BCUT2D eigenvalue weighted by atomic mass is 16.2. The minimum absolute atomic E-state index is 0.129. The standard InChI is InChI=1S/C12H18N4O/c1-12(2)5-9(6-12)16-11(17)15-8-10-7-13-3-4-14-10/h3-4,7,9H,5-6,8H2,1-2H3,(H2,15,16,17). The molecule has 0 atom stereocenters. The van der Waals surface area contributed by atoms with E-state index in [2.05, 4.69) is 34.4 Å². The molecule has 0 unspecified atom stereocenters. The number of hydrogen-bond acceptors (Lipinski definition) is 3. The first-order valence-corrected chi connectivity index (χ1v) is 5.84. The summed E-state index contributed by atoms with van der Waals surface area (Å²) < 4.78 is 0. The van der Waals surface area contributed by atoms with Crippen LogP contribution in [0.5, 0.6) is 0 Å². The van der Waals surface area contributed by atoms with Crippen LogP contribution in [0.4, 0.5) is 4.79 Å². The highest BCUT2D eigenvalue weighted by Gasteiger charge is 2.36. The van der Waals surface area contributed by atoms with E-state index < -0.39 is 0 Å². The molecule has 17 heavy (non-hydrogen) atoms. The topological polar surface area (TPSA) is 66.9 Å². The molecule has 5 nitrogen and oxygen atoms in total. The monoisotopic (exact) mass is 234 g/mol. The van der Waals surface area contributed by atoms with Crippen LogP contribution in [0.2, 0.25) is 0 Å². The average molecular weight is 234 g/mol. The van der Waals surface area contributed by atoms with Gasteiger partial charge in [0.2, 0.25) is 0 Å². The molecule has 92 valence electrons. The van der Waals surface area contributed by atoms with Gasteiger partial charge in [-0.15, -0.1) is 0 Å². The van der Waals surface area contributed by atoms with Crippen molar-refractivity contribution in [2.75, 3.05) is 0 Å². The second kappa shape index (κ2) is 4.69. The van der Waals surface area contributed by atoms with E-state index in [1.54, 1.807) is 18.6 Å². The molecular weight excluding hydrogens is 216 g/mol. The maximum atomic E-state index is 11.6. The molecule has 1 aromatic rings. The number of urea groups is 1. The van der Waals surface area contributed by atoms with Crippen molar-refractivity contribution in [2.45, 2.75) is 39.3 Å². The number of nitrogens with zero attached hydrogens (tertiary/aromatic N) is 2. The van der Waals surface area contributed by atoms with Crippen LogP contribution < -0.4 is 10.6 Å². The van der Waals surface area contributed by atoms with Crippen LogP contribution in [0.1, 0.15) is 32.4 Å². The van der Waals surface area contributed by atoms with E-state index in [0.29, 0.717) is 18.0 Å². The number of aromatic nitrogens is 2. The summed E-state index contributed by atoms with van der Waals surface area (Å²) in [5, 5.41) is 5.72. The third-order valence-corrected chi connectivity index (χ3v) is 2.98. The lowest BCUT2D eigenvalue weighted by molar-refractivity contribution is 0.130.